The van der Waals surface area contributed by atoms with Crippen LogP contribution in [0.4, 0.5) is 0 Å². The minimum atomic E-state index is -0.793. The summed E-state index contributed by atoms with van der Waals surface area (Å²) in [6.45, 7) is 6.62. The molecule has 0 fully saturated rings. The lowest BCUT2D eigenvalue weighted by Gasteiger charge is -2.18. The average Bonchev–Trinajstić information content (AvgIpc) is 3.33. The van der Waals surface area contributed by atoms with E-state index in [1.165, 1.54) is 218 Å². The van der Waals surface area contributed by atoms with E-state index in [9.17, 15) is 14.4 Å². The van der Waals surface area contributed by atoms with E-state index in [4.69, 9.17) is 14.2 Å². The van der Waals surface area contributed by atoms with Crippen molar-refractivity contribution in [3.8, 4) is 0 Å². The van der Waals surface area contributed by atoms with Crippen LogP contribution in [0.15, 0.2) is 36.5 Å². The second-order valence-electron chi connectivity index (χ2n) is 19.9. The molecular formula is C61H112O6. The van der Waals surface area contributed by atoms with Crippen molar-refractivity contribution in [2.75, 3.05) is 13.2 Å². The molecule has 6 heteroatoms. The van der Waals surface area contributed by atoms with Gasteiger partial charge in [-0.05, 0) is 64.2 Å². The van der Waals surface area contributed by atoms with E-state index in [0.717, 1.165) is 51.4 Å². The van der Waals surface area contributed by atoms with Crippen LogP contribution in [0.25, 0.3) is 0 Å². The first kappa shape index (κ1) is 64.6. The predicted octanol–water partition coefficient (Wildman–Crippen LogP) is 19.7. The van der Waals surface area contributed by atoms with E-state index in [2.05, 4.69) is 51.2 Å². The fraction of sp³-hybridized carbons (Fsp3) is 0.852. The first-order chi connectivity index (χ1) is 33.0. The van der Waals surface area contributed by atoms with E-state index in [1.807, 2.05) is 6.08 Å². The molecule has 1 unspecified atom stereocenters. The number of rotatable bonds is 54. The van der Waals surface area contributed by atoms with E-state index in [-0.39, 0.29) is 37.5 Å². The maximum absolute atomic E-state index is 12.9. The SMILES string of the molecule is CCCCCCCC/C=C/C/C=C/CCC(=O)OCC(COC(=O)CCCCCCCCC/C=C/CCCCCCCCCC)OC(=O)CCCCCCCCCCCCCCCCCCC. The summed E-state index contributed by atoms with van der Waals surface area (Å²) < 4.78 is 16.8. The number of ether oxygens (including phenoxy) is 3. The van der Waals surface area contributed by atoms with Gasteiger partial charge in [0.2, 0.25) is 0 Å². The average molecular weight is 942 g/mol. The Kier molecular flexibility index (Phi) is 54.2. The molecule has 0 aliphatic heterocycles. The third-order valence-electron chi connectivity index (χ3n) is 13.1. The lowest BCUT2D eigenvalue weighted by atomic mass is 10.0. The Labute approximate surface area is 416 Å². The zero-order chi connectivity index (χ0) is 48.6. The fourth-order valence-electron chi connectivity index (χ4n) is 8.67. The number of hydrogen-bond donors (Lipinski definition) is 0. The van der Waals surface area contributed by atoms with E-state index in [0.29, 0.717) is 19.3 Å². The molecule has 0 aromatic rings. The van der Waals surface area contributed by atoms with E-state index in [1.54, 1.807) is 0 Å². The molecular weight excluding hydrogens is 829 g/mol. The largest absolute Gasteiger partial charge is 0.462 e. The highest BCUT2D eigenvalue weighted by Gasteiger charge is 2.19. The maximum atomic E-state index is 12.9. The molecule has 0 amide bonds. The van der Waals surface area contributed by atoms with Crippen molar-refractivity contribution in [1.82, 2.24) is 0 Å². The lowest BCUT2D eigenvalue weighted by molar-refractivity contribution is -0.166. The molecule has 67 heavy (non-hydrogen) atoms. The Morgan fingerprint density at radius 1 is 0.299 bits per heavy atom. The van der Waals surface area contributed by atoms with Gasteiger partial charge in [-0.3, -0.25) is 14.4 Å². The molecule has 0 aliphatic carbocycles. The summed E-state index contributed by atoms with van der Waals surface area (Å²) in [4.78, 5) is 38.1. The molecule has 0 aromatic carbocycles. The van der Waals surface area contributed by atoms with Crippen LogP contribution < -0.4 is 0 Å². The van der Waals surface area contributed by atoms with Crippen LogP contribution in [0.3, 0.4) is 0 Å². The third kappa shape index (κ3) is 54.4. The summed E-state index contributed by atoms with van der Waals surface area (Å²) in [6, 6.07) is 0. The maximum Gasteiger partial charge on any atom is 0.306 e. The molecule has 0 aliphatic rings. The summed E-state index contributed by atoms with van der Waals surface area (Å²) in [7, 11) is 0. The van der Waals surface area contributed by atoms with Crippen molar-refractivity contribution in [2.24, 2.45) is 0 Å². The Hall–Kier alpha value is -2.37. The number of carbonyl (C=O) groups is 3. The molecule has 0 radical (unpaired) electrons. The molecule has 1 atom stereocenters. The first-order valence-electron chi connectivity index (χ1n) is 29.5. The van der Waals surface area contributed by atoms with Crippen LogP contribution in [0.5, 0.6) is 0 Å². The van der Waals surface area contributed by atoms with Crippen LogP contribution in [-0.2, 0) is 28.6 Å². The van der Waals surface area contributed by atoms with Gasteiger partial charge < -0.3 is 14.2 Å². The van der Waals surface area contributed by atoms with Gasteiger partial charge in [0.1, 0.15) is 13.2 Å². The zero-order valence-electron chi connectivity index (χ0n) is 44.9. The van der Waals surface area contributed by atoms with Gasteiger partial charge in [0.15, 0.2) is 6.10 Å². The van der Waals surface area contributed by atoms with Crippen LogP contribution in [-0.4, -0.2) is 37.2 Å². The van der Waals surface area contributed by atoms with Crippen LogP contribution in [0, 0.1) is 0 Å². The van der Waals surface area contributed by atoms with Crippen molar-refractivity contribution < 1.29 is 28.6 Å². The predicted molar refractivity (Wildman–Crippen MR) is 289 cm³/mol. The van der Waals surface area contributed by atoms with Gasteiger partial charge in [0.25, 0.3) is 0 Å². The molecule has 6 nitrogen and oxygen atoms in total. The molecule has 0 rings (SSSR count). The second-order valence-corrected chi connectivity index (χ2v) is 19.9. The summed E-state index contributed by atoms with van der Waals surface area (Å²) >= 11 is 0. The van der Waals surface area contributed by atoms with Gasteiger partial charge in [0, 0.05) is 19.3 Å². The van der Waals surface area contributed by atoms with E-state index >= 15 is 0 Å². The summed E-state index contributed by atoms with van der Waals surface area (Å²) in [6.07, 6.45) is 67.2. The molecule has 0 heterocycles. The minimum Gasteiger partial charge on any atom is -0.462 e. The number of carbonyl (C=O) groups excluding carboxylic acids is 3. The van der Waals surface area contributed by atoms with Gasteiger partial charge in [0.05, 0.1) is 0 Å². The summed E-state index contributed by atoms with van der Waals surface area (Å²) in [5.41, 5.74) is 0. The molecule has 0 saturated carbocycles. The van der Waals surface area contributed by atoms with Crippen LogP contribution >= 0.6 is 0 Å². The van der Waals surface area contributed by atoms with Gasteiger partial charge in [-0.15, -0.1) is 0 Å². The molecule has 392 valence electrons. The normalized spacial score (nSPS) is 12.2. The van der Waals surface area contributed by atoms with Crippen molar-refractivity contribution >= 4 is 17.9 Å². The van der Waals surface area contributed by atoms with Gasteiger partial charge >= 0.3 is 17.9 Å². The monoisotopic (exact) mass is 941 g/mol. The number of unbranched alkanes of at least 4 members (excludes halogenated alkanes) is 37. The van der Waals surface area contributed by atoms with Crippen molar-refractivity contribution in [2.45, 2.75) is 322 Å². The smallest absolute Gasteiger partial charge is 0.306 e. The molecule has 0 aromatic heterocycles. The second kappa shape index (κ2) is 56.2. The fourth-order valence-corrected chi connectivity index (χ4v) is 8.67. The molecule has 0 N–H and O–H groups in total. The van der Waals surface area contributed by atoms with Gasteiger partial charge in [-0.1, -0.05) is 269 Å². The Morgan fingerprint density at radius 2 is 0.567 bits per heavy atom. The van der Waals surface area contributed by atoms with Crippen molar-refractivity contribution in [3.05, 3.63) is 36.5 Å². The van der Waals surface area contributed by atoms with E-state index < -0.39 is 6.10 Å². The standard InChI is InChI=1S/C61H112O6/c1-4-7-10-13-16-19-22-25-27-29-30-32-33-36-39-42-45-48-51-54-60(63)66-57-58(56-65-59(62)53-50-47-44-41-38-35-24-21-18-15-12-9-6-3)67-61(64)55-52-49-46-43-40-37-34-31-28-26-23-20-17-14-11-8-5-2/h29-30,35,38,44,47,58H,4-28,31-34,36-37,39-43,45-46,48-57H2,1-3H3/b30-29+,38-35+,47-44+. The molecule has 0 spiro atoms. The third-order valence-corrected chi connectivity index (χ3v) is 13.1. The van der Waals surface area contributed by atoms with Crippen LogP contribution in [0.2, 0.25) is 0 Å². The van der Waals surface area contributed by atoms with Gasteiger partial charge in [-0.2, -0.15) is 0 Å². The number of allylic oxidation sites excluding steroid dienone is 6. The molecule has 0 saturated heterocycles. The summed E-state index contributed by atoms with van der Waals surface area (Å²) in [5, 5.41) is 0. The quantitative estimate of drug-likeness (QED) is 0.0262. The first-order valence-corrected chi connectivity index (χ1v) is 29.5. The lowest BCUT2D eigenvalue weighted by Crippen LogP contribution is -2.30. The molecule has 0 bridgehead atoms. The van der Waals surface area contributed by atoms with Crippen LogP contribution in [0.1, 0.15) is 316 Å². The number of hydrogen-bond acceptors (Lipinski definition) is 6. The highest BCUT2D eigenvalue weighted by molar-refractivity contribution is 5.71. The van der Waals surface area contributed by atoms with Crippen molar-refractivity contribution in [3.63, 3.8) is 0 Å². The topological polar surface area (TPSA) is 78.9 Å². The number of esters is 3. The Morgan fingerprint density at radius 3 is 0.925 bits per heavy atom. The van der Waals surface area contributed by atoms with Gasteiger partial charge in [-0.25, -0.2) is 0 Å². The summed E-state index contributed by atoms with van der Waals surface area (Å²) in [5.74, 6) is -0.944. The zero-order valence-corrected chi connectivity index (χ0v) is 44.9. The Balaban J connectivity index is 4.36. The van der Waals surface area contributed by atoms with Crippen molar-refractivity contribution in [1.29, 1.82) is 0 Å². The highest BCUT2D eigenvalue weighted by Crippen LogP contribution is 2.16. The Bertz CT molecular complexity index is 1130. The minimum absolute atomic E-state index is 0.0878. The highest BCUT2D eigenvalue weighted by atomic mass is 16.6.